The molecule has 1 amide bonds. The van der Waals surface area contributed by atoms with Crippen LogP contribution in [0.1, 0.15) is 32.1 Å². The molecule has 0 unspecified atom stereocenters. The normalized spacial score (nSPS) is 23.8. The summed E-state index contributed by atoms with van der Waals surface area (Å²) < 4.78 is 5.22. The molecule has 0 aromatic heterocycles. The molecule has 0 bridgehead atoms. The van der Waals surface area contributed by atoms with Crippen LogP contribution in [0.5, 0.6) is 0 Å². The van der Waals surface area contributed by atoms with Gasteiger partial charge in [0.2, 0.25) is 5.91 Å². The molecular weight excluding hydrogens is 248 g/mol. The molecule has 2 N–H and O–H groups in total. The number of carboxylic acid groups (broad SMARTS) is 1. The Hall–Kier alpha value is -1.14. The summed E-state index contributed by atoms with van der Waals surface area (Å²) in [5, 5.41) is 12.2. The highest BCUT2D eigenvalue weighted by atomic mass is 16.5. The molecule has 0 spiro atoms. The number of hydrogen-bond acceptors (Lipinski definition) is 4. The highest BCUT2D eigenvalue weighted by molar-refractivity contribution is 5.88. The van der Waals surface area contributed by atoms with E-state index < -0.39 is 11.5 Å². The second-order valence-corrected chi connectivity index (χ2v) is 5.38. The Morgan fingerprint density at radius 1 is 1.16 bits per heavy atom. The standard InChI is InChI=1S/C13H22N2O4/c16-11(10-15-6-8-19-9-7-15)14-13(12(17)18)4-2-1-3-5-13/h1-10H2,(H,14,16)(H,17,18). The van der Waals surface area contributed by atoms with Gasteiger partial charge in [-0.3, -0.25) is 9.69 Å². The molecule has 0 radical (unpaired) electrons. The van der Waals surface area contributed by atoms with E-state index in [2.05, 4.69) is 5.32 Å². The van der Waals surface area contributed by atoms with Crippen molar-refractivity contribution in [3.8, 4) is 0 Å². The Bertz CT molecular complexity index is 334. The summed E-state index contributed by atoms with van der Waals surface area (Å²) in [7, 11) is 0. The second kappa shape index (κ2) is 6.34. The highest BCUT2D eigenvalue weighted by Crippen LogP contribution is 2.28. The van der Waals surface area contributed by atoms with E-state index >= 15 is 0 Å². The first-order chi connectivity index (χ1) is 9.12. The lowest BCUT2D eigenvalue weighted by atomic mass is 9.81. The van der Waals surface area contributed by atoms with E-state index in [4.69, 9.17) is 4.74 Å². The Balaban J connectivity index is 1.89. The minimum Gasteiger partial charge on any atom is -0.480 e. The fourth-order valence-electron chi connectivity index (χ4n) is 2.82. The summed E-state index contributed by atoms with van der Waals surface area (Å²) in [6.07, 6.45) is 3.86. The molecule has 2 fully saturated rings. The van der Waals surface area contributed by atoms with Crippen molar-refractivity contribution in [2.75, 3.05) is 32.8 Å². The van der Waals surface area contributed by atoms with Crippen molar-refractivity contribution in [3.63, 3.8) is 0 Å². The third kappa shape index (κ3) is 3.67. The Kier molecular flexibility index (Phi) is 4.76. The lowest BCUT2D eigenvalue weighted by Gasteiger charge is -2.35. The first kappa shape index (κ1) is 14.3. The molecule has 1 aliphatic carbocycles. The number of carboxylic acids is 1. The molecule has 1 heterocycles. The van der Waals surface area contributed by atoms with Crippen LogP contribution in [0, 0.1) is 0 Å². The summed E-state index contributed by atoms with van der Waals surface area (Å²) in [6.45, 7) is 2.99. The third-order valence-corrected chi connectivity index (χ3v) is 3.97. The summed E-state index contributed by atoms with van der Waals surface area (Å²) in [5.74, 6) is -1.09. The van der Waals surface area contributed by atoms with Gasteiger partial charge in [0.05, 0.1) is 19.8 Å². The van der Waals surface area contributed by atoms with Crippen LogP contribution in [0.2, 0.25) is 0 Å². The van der Waals surface area contributed by atoms with E-state index in [1.54, 1.807) is 0 Å². The zero-order valence-electron chi connectivity index (χ0n) is 11.2. The number of hydrogen-bond donors (Lipinski definition) is 2. The number of nitrogens with zero attached hydrogens (tertiary/aromatic N) is 1. The van der Waals surface area contributed by atoms with Crippen molar-refractivity contribution >= 4 is 11.9 Å². The van der Waals surface area contributed by atoms with E-state index in [9.17, 15) is 14.7 Å². The number of morpholine rings is 1. The monoisotopic (exact) mass is 270 g/mol. The highest BCUT2D eigenvalue weighted by Gasteiger charge is 2.41. The zero-order chi connectivity index (χ0) is 13.7. The SMILES string of the molecule is O=C(CN1CCOCC1)NC1(C(=O)O)CCCCC1. The van der Waals surface area contributed by atoms with Gasteiger partial charge in [-0.25, -0.2) is 4.79 Å². The Labute approximate surface area is 113 Å². The van der Waals surface area contributed by atoms with E-state index in [1.165, 1.54) is 0 Å². The topological polar surface area (TPSA) is 78.9 Å². The van der Waals surface area contributed by atoms with Gasteiger partial charge in [-0.15, -0.1) is 0 Å². The van der Waals surface area contributed by atoms with Crippen molar-refractivity contribution in [3.05, 3.63) is 0 Å². The van der Waals surface area contributed by atoms with Gasteiger partial charge >= 0.3 is 5.97 Å². The Morgan fingerprint density at radius 2 is 1.79 bits per heavy atom. The number of carbonyl (C=O) groups excluding carboxylic acids is 1. The lowest BCUT2D eigenvalue weighted by Crippen LogP contribution is -2.57. The average molecular weight is 270 g/mol. The maximum Gasteiger partial charge on any atom is 0.329 e. The van der Waals surface area contributed by atoms with Gasteiger partial charge in [0.25, 0.3) is 0 Å². The van der Waals surface area contributed by atoms with E-state index in [0.29, 0.717) is 26.1 Å². The van der Waals surface area contributed by atoms with Crippen molar-refractivity contribution in [1.82, 2.24) is 10.2 Å². The smallest absolute Gasteiger partial charge is 0.329 e. The van der Waals surface area contributed by atoms with Gasteiger partial charge in [0, 0.05) is 13.1 Å². The van der Waals surface area contributed by atoms with Gasteiger partial charge in [-0.2, -0.15) is 0 Å². The van der Waals surface area contributed by atoms with Gasteiger partial charge < -0.3 is 15.2 Å². The summed E-state index contributed by atoms with van der Waals surface area (Å²) in [5.41, 5.74) is -1.04. The molecule has 0 aromatic rings. The van der Waals surface area contributed by atoms with Crippen LogP contribution < -0.4 is 5.32 Å². The van der Waals surface area contributed by atoms with Crippen LogP contribution in [0.15, 0.2) is 0 Å². The summed E-state index contributed by atoms with van der Waals surface area (Å²) in [4.78, 5) is 25.5. The number of nitrogens with one attached hydrogen (secondary N) is 1. The van der Waals surface area contributed by atoms with Crippen molar-refractivity contribution in [1.29, 1.82) is 0 Å². The summed E-state index contributed by atoms with van der Waals surface area (Å²) in [6, 6.07) is 0. The van der Waals surface area contributed by atoms with Gasteiger partial charge in [0.15, 0.2) is 0 Å². The van der Waals surface area contributed by atoms with E-state index in [-0.39, 0.29) is 12.5 Å². The molecule has 6 nitrogen and oxygen atoms in total. The van der Waals surface area contributed by atoms with Gasteiger partial charge in [-0.05, 0) is 12.8 Å². The molecule has 2 rings (SSSR count). The fourth-order valence-corrected chi connectivity index (χ4v) is 2.82. The first-order valence-electron chi connectivity index (χ1n) is 6.97. The molecule has 19 heavy (non-hydrogen) atoms. The number of ether oxygens (including phenoxy) is 1. The maximum absolute atomic E-state index is 12.0. The van der Waals surface area contributed by atoms with E-state index in [0.717, 1.165) is 32.4 Å². The predicted molar refractivity (Wildman–Crippen MR) is 68.9 cm³/mol. The molecular formula is C13H22N2O4. The van der Waals surface area contributed by atoms with Crippen molar-refractivity contribution in [2.24, 2.45) is 0 Å². The molecule has 6 heteroatoms. The number of carbonyl (C=O) groups is 2. The minimum atomic E-state index is -1.04. The van der Waals surface area contributed by atoms with Gasteiger partial charge in [0.1, 0.15) is 5.54 Å². The van der Waals surface area contributed by atoms with Crippen LogP contribution in [0.3, 0.4) is 0 Å². The molecule has 1 saturated carbocycles. The molecule has 0 aromatic carbocycles. The van der Waals surface area contributed by atoms with Crippen LogP contribution >= 0.6 is 0 Å². The fraction of sp³-hybridized carbons (Fsp3) is 0.846. The molecule has 1 aliphatic heterocycles. The number of amides is 1. The van der Waals surface area contributed by atoms with E-state index in [1.807, 2.05) is 4.90 Å². The Morgan fingerprint density at radius 3 is 2.37 bits per heavy atom. The molecule has 108 valence electrons. The second-order valence-electron chi connectivity index (χ2n) is 5.38. The van der Waals surface area contributed by atoms with Crippen LogP contribution in [0.4, 0.5) is 0 Å². The number of rotatable bonds is 4. The van der Waals surface area contributed by atoms with Crippen LogP contribution in [0.25, 0.3) is 0 Å². The summed E-state index contributed by atoms with van der Waals surface area (Å²) >= 11 is 0. The molecule has 2 aliphatic rings. The first-order valence-corrected chi connectivity index (χ1v) is 6.97. The third-order valence-electron chi connectivity index (χ3n) is 3.97. The quantitative estimate of drug-likeness (QED) is 0.764. The van der Waals surface area contributed by atoms with Crippen molar-refractivity contribution in [2.45, 2.75) is 37.6 Å². The molecule has 1 saturated heterocycles. The minimum absolute atomic E-state index is 0.189. The maximum atomic E-state index is 12.0. The zero-order valence-corrected chi connectivity index (χ0v) is 11.2. The van der Waals surface area contributed by atoms with Crippen LogP contribution in [-0.4, -0.2) is 60.3 Å². The predicted octanol–water partition coefficient (Wildman–Crippen LogP) is 0.222. The number of aliphatic carboxylic acids is 1. The van der Waals surface area contributed by atoms with Crippen molar-refractivity contribution < 1.29 is 19.4 Å². The van der Waals surface area contributed by atoms with Crippen LogP contribution in [-0.2, 0) is 14.3 Å². The molecule has 0 atom stereocenters. The lowest BCUT2D eigenvalue weighted by molar-refractivity contribution is -0.149. The van der Waals surface area contributed by atoms with Gasteiger partial charge in [-0.1, -0.05) is 19.3 Å². The average Bonchev–Trinajstić information content (AvgIpc) is 2.40. The largest absolute Gasteiger partial charge is 0.480 e.